The van der Waals surface area contributed by atoms with Gasteiger partial charge in [0.2, 0.25) is 0 Å². The molecule has 9 aromatic carbocycles. The van der Waals surface area contributed by atoms with E-state index >= 15 is 0 Å². The zero-order chi connectivity index (χ0) is 60.8. The van der Waals surface area contributed by atoms with Crippen LogP contribution < -0.4 is 4.90 Å². The Balaban J connectivity index is 0.00000784. The number of imidazole rings is 1. The second-order valence-electron chi connectivity index (χ2n) is 28.7. The summed E-state index contributed by atoms with van der Waals surface area (Å²) in [5.74, 6) is 0.823. The molecule has 7 heteroatoms. The van der Waals surface area contributed by atoms with E-state index in [1.807, 2.05) is 24.4 Å². The molecular formula is C80H80N5OPt-. The molecule has 87 heavy (non-hydrogen) atoms. The standard InChI is InChI=1S/C80H80N5O.Pt/c1-76(2,3)55-43-56(77(4,5)6)46-63(45-55)84-70-32-24-22-30-65(70)68-41-51(34-35-71(68)84)52-36-37-81-69(42-52)54-38-53(39-62(40-54)83(60-26-18-16-19-27-60)61-28-20-17-21-29-61)67-49-59(80(13,14)15)50-72-74(67)82-75(66-31-23-25-33-73(66)86)85(72)64-47-57(78(7,8)9)44-58(48-64)79(10,11)12;/h16-37,39-50,86H,1-15H3;/q-1;. The van der Waals surface area contributed by atoms with Gasteiger partial charge in [0.25, 0.3) is 0 Å². The van der Waals surface area contributed by atoms with Crippen LogP contribution in [0.1, 0.15) is 132 Å². The van der Waals surface area contributed by atoms with Crippen molar-refractivity contribution in [1.82, 2.24) is 19.1 Å². The van der Waals surface area contributed by atoms with Crippen LogP contribution in [0.4, 0.5) is 17.1 Å². The Bertz CT molecular complexity index is 4450. The van der Waals surface area contributed by atoms with E-state index in [2.05, 4.69) is 300 Å². The first-order valence-electron chi connectivity index (χ1n) is 30.4. The van der Waals surface area contributed by atoms with Crippen molar-refractivity contribution in [2.24, 2.45) is 0 Å². The zero-order valence-corrected chi connectivity index (χ0v) is 55.4. The van der Waals surface area contributed by atoms with Crippen molar-refractivity contribution < 1.29 is 26.2 Å². The number of pyridine rings is 1. The molecule has 0 aliphatic rings. The number of aromatic hydroxyl groups is 1. The summed E-state index contributed by atoms with van der Waals surface area (Å²) in [6.07, 6.45) is 1.94. The molecule has 0 aliphatic heterocycles. The number of para-hydroxylation sites is 4. The molecule has 6 nitrogen and oxygen atoms in total. The smallest absolute Gasteiger partial charge is 0.148 e. The number of benzene rings is 9. The average molecular weight is 1320 g/mol. The Morgan fingerprint density at radius 3 is 1.44 bits per heavy atom. The fourth-order valence-electron chi connectivity index (χ4n) is 11.9. The van der Waals surface area contributed by atoms with Crippen molar-refractivity contribution in [3.05, 3.63) is 240 Å². The van der Waals surface area contributed by atoms with Gasteiger partial charge in [0.1, 0.15) is 11.6 Å². The van der Waals surface area contributed by atoms with Crippen molar-refractivity contribution in [3.8, 4) is 62.0 Å². The number of aromatic nitrogens is 4. The number of hydrogen-bond donors (Lipinski definition) is 1. The SMILES string of the molecule is CC(C)(C)c1cc(-n2c(-c3ccccc3O)nc3c(-c4[c-]c(-c5cc(-c6ccc7c(c6)c6ccccc6n7-c6cc(C(C)(C)C)cc(C(C)(C)C)c6)ccn5)cc(N(c5ccccc5)c5ccccc5)c4)cc(C(C)(C)C)cc32)cc(C(C)(C)C)c1.[Pt]. The number of hydrogen-bond acceptors (Lipinski definition) is 4. The molecule has 0 fully saturated rings. The molecule has 0 bridgehead atoms. The summed E-state index contributed by atoms with van der Waals surface area (Å²) in [6.45, 7) is 34.3. The molecule has 3 aromatic heterocycles. The fraction of sp³-hybridized carbons (Fsp3) is 0.250. The van der Waals surface area contributed by atoms with E-state index in [1.165, 1.54) is 44.2 Å². The molecule has 0 radical (unpaired) electrons. The van der Waals surface area contributed by atoms with E-state index in [0.29, 0.717) is 11.4 Å². The minimum absolute atomic E-state index is 0. The Morgan fingerprint density at radius 2 is 0.874 bits per heavy atom. The number of fused-ring (bicyclic) bond motifs is 4. The van der Waals surface area contributed by atoms with Crippen LogP contribution in [0.15, 0.2) is 206 Å². The maximum absolute atomic E-state index is 11.8. The summed E-state index contributed by atoms with van der Waals surface area (Å²) in [7, 11) is 0. The molecule has 1 N–H and O–H groups in total. The second-order valence-corrected chi connectivity index (χ2v) is 28.7. The average Bonchev–Trinajstić information content (AvgIpc) is 1.65. The van der Waals surface area contributed by atoms with E-state index in [9.17, 15) is 5.11 Å². The van der Waals surface area contributed by atoms with E-state index in [4.69, 9.17) is 9.97 Å². The van der Waals surface area contributed by atoms with Gasteiger partial charge in [0.05, 0.1) is 27.6 Å². The van der Waals surface area contributed by atoms with Crippen molar-refractivity contribution in [3.63, 3.8) is 0 Å². The monoisotopic (exact) mass is 1320 g/mol. The third-order valence-corrected chi connectivity index (χ3v) is 17.1. The van der Waals surface area contributed by atoms with Gasteiger partial charge in [0.15, 0.2) is 0 Å². The molecule has 12 rings (SSSR count). The third kappa shape index (κ3) is 11.7. The summed E-state index contributed by atoms with van der Waals surface area (Å²) in [5.41, 5.74) is 21.1. The van der Waals surface area contributed by atoms with E-state index in [-0.39, 0.29) is 53.9 Å². The van der Waals surface area contributed by atoms with Crippen molar-refractivity contribution >= 4 is 49.9 Å². The summed E-state index contributed by atoms with van der Waals surface area (Å²) in [4.78, 5) is 13.2. The minimum atomic E-state index is -0.271. The van der Waals surface area contributed by atoms with Crippen LogP contribution in [-0.2, 0) is 48.1 Å². The largest absolute Gasteiger partial charge is 0.507 e. The number of phenols is 1. The van der Waals surface area contributed by atoms with Crippen molar-refractivity contribution in [2.45, 2.75) is 131 Å². The maximum Gasteiger partial charge on any atom is 0.148 e. The fourth-order valence-corrected chi connectivity index (χ4v) is 11.9. The number of phenolic OH excluding ortho intramolecular Hbond substituents is 1. The van der Waals surface area contributed by atoms with E-state index in [0.717, 1.165) is 78.4 Å². The van der Waals surface area contributed by atoms with Crippen LogP contribution in [-0.4, -0.2) is 24.2 Å². The first-order chi connectivity index (χ1) is 40.7. The Labute approximate surface area is 529 Å². The Hall–Kier alpha value is -8.31. The first-order valence-corrected chi connectivity index (χ1v) is 30.4. The number of rotatable bonds is 9. The van der Waals surface area contributed by atoms with Crippen LogP contribution in [0.5, 0.6) is 5.75 Å². The van der Waals surface area contributed by atoms with Crippen LogP contribution in [0, 0.1) is 6.07 Å². The quantitative estimate of drug-likeness (QED) is 0.146. The van der Waals surface area contributed by atoms with Crippen LogP contribution in [0.25, 0.3) is 89.1 Å². The molecule has 0 amide bonds. The van der Waals surface area contributed by atoms with Gasteiger partial charge in [-0.1, -0.05) is 212 Å². The number of anilines is 3. The molecule has 442 valence electrons. The molecule has 0 aliphatic carbocycles. The molecule has 0 atom stereocenters. The minimum Gasteiger partial charge on any atom is -0.507 e. The van der Waals surface area contributed by atoms with Crippen LogP contribution in [0.3, 0.4) is 0 Å². The normalized spacial score (nSPS) is 12.5. The molecule has 0 saturated carbocycles. The maximum atomic E-state index is 11.8. The van der Waals surface area contributed by atoms with Gasteiger partial charge in [-0.25, -0.2) is 4.98 Å². The molecule has 3 heterocycles. The van der Waals surface area contributed by atoms with Crippen LogP contribution in [0.2, 0.25) is 0 Å². The Morgan fingerprint density at radius 1 is 0.391 bits per heavy atom. The van der Waals surface area contributed by atoms with Gasteiger partial charge in [-0.3, -0.25) is 9.55 Å². The summed E-state index contributed by atoms with van der Waals surface area (Å²) in [6, 6.07) is 76.1. The van der Waals surface area contributed by atoms with Crippen LogP contribution >= 0.6 is 0 Å². The second kappa shape index (κ2) is 22.4. The van der Waals surface area contributed by atoms with Gasteiger partial charge >= 0.3 is 0 Å². The predicted molar refractivity (Wildman–Crippen MR) is 364 cm³/mol. The molecule has 0 spiro atoms. The molecule has 12 aromatic rings. The van der Waals surface area contributed by atoms with Crippen molar-refractivity contribution in [1.29, 1.82) is 0 Å². The Kier molecular flexibility index (Phi) is 15.6. The van der Waals surface area contributed by atoms with E-state index in [1.54, 1.807) is 6.07 Å². The molecule has 0 saturated heterocycles. The van der Waals surface area contributed by atoms with Gasteiger partial charge in [-0.05, 0) is 163 Å². The van der Waals surface area contributed by atoms with Gasteiger partial charge < -0.3 is 14.6 Å². The van der Waals surface area contributed by atoms with Gasteiger partial charge in [0, 0.05) is 66.5 Å². The van der Waals surface area contributed by atoms with Crippen molar-refractivity contribution in [2.75, 3.05) is 4.90 Å². The third-order valence-electron chi connectivity index (χ3n) is 17.1. The predicted octanol–water partition coefficient (Wildman–Crippen LogP) is 21.6. The topological polar surface area (TPSA) is 59.1 Å². The summed E-state index contributed by atoms with van der Waals surface area (Å²) < 4.78 is 4.74. The zero-order valence-electron chi connectivity index (χ0n) is 53.1. The van der Waals surface area contributed by atoms with Gasteiger partial charge in [-0.15, -0.1) is 23.8 Å². The van der Waals surface area contributed by atoms with E-state index < -0.39 is 0 Å². The summed E-state index contributed by atoms with van der Waals surface area (Å²) in [5, 5.41) is 14.2. The number of nitrogens with zero attached hydrogens (tertiary/aromatic N) is 5. The summed E-state index contributed by atoms with van der Waals surface area (Å²) >= 11 is 0. The first kappa shape index (κ1) is 60.4. The van der Waals surface area contributed by atoms with Gasteiger partial charge in [-0.2, -0.15) is 0 Å². The molecule has 0 unspecified atom stereocenters. The molecular weight excluding hydrogens is 1240 g/mol.